The number of amides is 1. The number of hydrogen-bond donors (Lipinski definition) is 2. The Hall–Kier alpha value is -3.74. The number of H-pyrrole nitrogens is 1. The van der Waals surface area contributed by atoms with Crippen molar-refractivity contribution in [1.29, 1.82) is 0 Å². The summed E-state index contributed by atoms with van der Waals surface area (Å²) >= 11 is 0. The number of nitrogens with zero attached hydrogens (tertiary/aromatic N) is 3. The molecule has 1 amide bonds. The molecule has 0 unspecified atom stereocenters. The molecule has 25 heavy (non-hydrogen) atoms. The number of aromatic nitrogens is 4. The second-order valence-electron chi connectivity index (χ2n) is 5.41. The van der Waals surface area contributed by atoms with Crippen LogP contribution in [0, 0.1) is 0 Å². The predicted molar refractivity (Wildman–Crippen MR) is 93.9 cm³/mol. The number of carbonyl (C=O) groups excluding carboxylic acids is 1. The van der Waals surface area contributed by atoms with Gasteiger partial charge in [0, 0.05) is 24.1 Å². The van der Waals surface area contributed by atoms with Crippen molar-refractivity contribution < 1.29 is 4.79 Å². The van der Waals surface area contributed by atoms with E-state index in [4.69, 9.17) is 0 Å². The zero-order valence-electron chi connectivity index (χ0n) is 13.0. The van der Waals surface area contributed by atoms with Crippen molar-refractivity contribution in [3.05, 3.63) is 83.2 Å². The Balaban J connectivity index is 1.64. The number of carbonyl (C=O) groups is 1. The number of para-hydroxylation sites is 1. The van der Waals surface area contributed by atoms with Crippen LogP contribution in [0.25, 0.3) is 16.9 Å². The fraction of sp³-hybridized carbons (Fsp3) is 0. The first-order valence-electron chi connectivity index (χ1n) is 7.59. The SMILES string of the molecule is O=C(Nc1ccc(=O)[nH]c1)c1cnc2c(c1)ncn2-c1ccccc1. The van der Waals surface area contributed by atoms with E-state index in [1.807, 2.05) is 34.9 Å². The van der Waals surface area contributed by atoms with E-state index < -0.39 is 0 Å². The number of hydrogen-bond acceptors (Lipinski definition) is 4. The fourth-order valence-electron chi connectivity index (χ4n) is 2.49. The summed E-state index contributed by atoms with van der Waals surface area (Å²) in [6.07, 6.45) is 4.62. The van der Waals surface area contributed by atoms with Gasteiger partial charge in [0.2, 0.25) is 5.56 Å². The molecule has 0 fully saturated rings. The van der Waals surface area contributed by atoms with E-state index in [0.717, 1.165) is 5.69 Å². The van der Waals surface area contributed by atoms with Crippen molar-refractivity contribution in [3.63, 3.8) is 0 Å². The molecule has 0 atom stereocenters. The maximum absolute atomic E-state index is 12.3. The molecule has 2 N–H and O–H groups in total. The summed E-state index contributed by atoms with van der Waals surface area (Å²) < 4.78 is 1.86. The monoisotopic (exact) mass is 331 g/mol. The molecule has 0 saturated heterocycles. The van der Waals surface area contributed by atoms with Crippen LogP contribution in [0.4, 0.5) is 5.69 Å². The molecule has 0 spiro atoms. The van der Waals surface area contributed by atoms with Crippen molar-refractivity contribution in [2.24, 2.45) is 0 Å². The van der Waals surface area contributed by atoms with Gasteiger partial charge in [-0.3, -0.25) is 14.2 Å². The molecule has 7 heteroatoms. The van der Waals surface area contributed by atoms with Crippen molar-refractivity contribution in [2.45, 2.75) is 0 Å². The zero-order chi connectivity index (χ0) is 17.2. The van der Waals surface area contributed by atoms with Crippen LogP contribution in [-0.2, 0) is 0 Å². The Morgan fingerprint density at radius 3 is 2.68 bits per heavy atom. The highest BCUT2D eigenvalue weighted by molar-refractivity contribution is 6.05. The summed E-state index contributed by atoms with van der Waals surface area (Å²) in [5.74, 6) is -0.323. The third kappa shape index (κ3) is 2.90. The molecule has 0 aliphatic heterocycles. The van der Waals surface area contributed by atoms with Crippen molar-refractivity contribution in [1.82, 2.24) is 19.5 Å². The van der Waals surface area contributed by atoms with Gasteiger partial charge < -0.3 is 10.3 Å². The quantitative estimate of drug-likeness (QED) is 0.603. The van der Waals surface area contributed by atoms with Gasteiger partial charge in [-0.2, -0.15) is 0 Å². The summed E-state index contributed by atoms with van der Waals surface area (Å²) in [5.41, 5.74) is 2.90. The number of anilines is 1. The highest BCUT2D eigenvalue weighted by Crippen LogP contribution is 2.17. The molecule has 4 rings (SSSR count). The Morgan fingerprint density at radius 2 is 1.92 bits per heavy atom. The lowest BCUT2D eigenvalue weighted by Gasteiger charge is -2.05. The molecular weight excluding hydrogens is 318 g/mol. The largest absolute Gasteiger partial charge is 0.327 e. The van der Waals surface area contributed by atoms with Crippen LogP contribution in [0.5, 0.6) is 0 Å². The van der Waals surface area contributed by atoms with Gasteiger partial charge in [0.15, 0.2) is 5.65 Å². The number of benzene rings is 1. The Kier molecular flexibility index (Phi) is 3.59. The summed E-state index contributed by atoms with van der Waals surface area (Å²) in [5, 5.41) is 2.70. The van der Waals surface area contributed by atoms with Crippen LogP contribution in [0.15, 0.2) is 72.0 Å². The molecule has 1 aromatic carbocycles. The number of pyridine rings is 2. The van der Waals surface area contributed by atoms with Gasteiger partial charge in [0.25, 0.3) is 5.91 Å². The molecule has 0 aliphatic carbocycles. The van der Waals surface area contributed by atoms with Crippen LogP contribution < -0.4 is 10.9 Å². The molecule has 7 nitrogen and oxygen atoms in total. The fourth-order valence-corrected chi connectivity index (χ4v) is 2.49. The van der Waals surface area contributed by atoms with Gasteiger partial charge in [-0.05, 0) is 24.3 Å². The second kappa shape index (κ2) is 6.04. The highest BCUT2D eigenvalue weighted by atomic mass is 16.1. The number of rotatable bonds is 3. The highest BCUT2D eigenvalue weighted by Gasteiger charge is 2.11. The topological polar surface area (TPSA) is 92.7 Å². The second-order valence-corrected chi connectivity index (χ2v) is 5.41. The van der Waals surface area contributed by atoms with E-state index >= 15 is 0 Å². The van der Waals surface area contributed by atoms with E-state index in [9.17, 15) is 9.59 Å². The van der Waals surface area contributed by atoms with Gasteiger partial charge in [-0.25, -0.2) is 9.97 Å². The average Bonchev–Trinajstić information content (AvgIpc) is 3.07. The lowest BCUT2D eigenvalue weighted by Crippen LogP contribution is -2.14. The maximum atomic E-state index is 12.3. The average molecular weight is 331 g/mol. The molecule has 0 saturated carbocycles. The first-order chi connectivity index (χ1) is 12.2. The summed E-state index contributed by atoms with van der Waals surface area (Å²) in [4.78, 5) is 34.6. The van der Waals surface area contributed by atoms with E-state index in [2.05, 4.69) is 20.3 Å². The van der Waals surface area contributed by atoms with E-state index in [1.54, 1.807) is 12.4 Å². The summed E-state index contributed by atoms with van der Waals surface area (Å²) in [6.45, 7) is 0. The Labute approximate surface area is 142 Å². The van der Waals surface area contributed by atoms with E-state index in [-0.39, 0.29) is 11.5 Å². The first-order valence-corrected chi connectivity index (χ1v) is 7.59. The van der Waals surface area contributed by atoms with Gasteiger partial charge in [0.1, 0.15) is 11.8 Å². The third-order valence-electron chi connectivity index (χ3n) is 3.73. The number of imidazole rings is 1. The third-order valence-corrected chi connectivity index (χ3v) is 3.73. The van der Waals surface area contributed by atoms with Crippen LogP contribution >= 0.6 is 0 Å². The van der Waals surface area contributed by atoms with Gasteiger partial charge >= 0.3 is 0 Å². The summed E-state index contributed by atoms with van der Waals surface area (Å²) in [6, 6.07) is 14.3. The van der Waals surface area contributed by atoms with Crippen LogP contribution in [0.3, 0.4) is 0 Å². The molecule has 3 aromatic heterocycles. The molecule has 0 aliphatic rings. The molecular formula is C18H13N5O2. The van der Waals surface area contributed by atoms with Crippen molar-refractivity contribution in [3.8, 4) is 5.69 Å². The van der Waals surface area contributed by atoms with E-state index in [1.165, 1.54) is 24.5 Å². The number of nitrogens with one attached hydrogen (secondary N) is 2. The van der Waals surface area contributed by atoms with E-state index in [0.29, 0.717) is 22.4 Å². The molecule has 122 valence electrons. The smallest absolute Gasteiger partial charge is 0.257 e. The lowest BCUT2D eigenvalue weighted by atomic mass is 10.2. The van der Waals surface area contributed by atoms with Crippen LogP contribution in [0.1, 0.15) is 10.4 Å². The zero-order valence-corrected chi connectivity index (χ0v) is 13.0. The summed E-state index contributed by atoms with van der Waals surface area (Å²) in [7, 11) is 0. The molecule has 0 radical (unpaired) electrons. The normalized spacial score (nSPS) is 10.7. The van der Waals surface area contributed by atoms with Gasteiger partial charge in [0.05, 0.1) is 11.3 Å². The minimum atomic E-state index is -0.323. The van der Waals surface area contributed by atoms with Crippen molar-refractivity contribution in [2.75, 3.05) is 5.32 Å². The standard InChI is InChI=1S/C18H13N5O2/c24-16-7-6-13(10-19-16)22-18(25)12-8-15-17(20-9-12)23(11-21-15)14-4-2-1-3-5-14/h1-11H,(H,19,24)(H,22,25). The Bertz CT molecular complexity index is 1090. The molecule has 0 bridgehead atoms. The van der Waals surface area contributed by atoms with Crippen LogP contribution in [0.2, 0.25) is 0 Å². The predicted octanol–water partition coefficient (Wildman–Crippen LogP) is 2.36. The van der Waals surface area contributed by atoms with Crippen molar-refractivity contribution >= 4 is 22.8 Å². The minimum absolute atomic E-state index is 0.229. The van der Waals surface area contributed by atoms with Crippen LogP contribution in [-0.4, -0.2) is 25.4 Å². The van der Waals surface area contributed by atoms with Gasteiger partial charge in [-0.1, -0.05) is 18.2 Å². The number of aromatic amines is 1. The number of fused-ring (bicyclic) bond motifs is 1. The Morgan fingerprint density at radius 1 is 1.08 bits per heavy atom. The first kappa shape index (κ1) is 14.8. The lowest BCUT2D eigenvalue weighted by molar-refractivity contribution is 0.102. The minimum Gasteiger partial charge on any atom is -0.327 e. The molecule has 3 heterocycles. The van der Waals surface area contributed by atoms with Gasteiger partial charge in [-0.15, -0.1) is 0 Å². The maximum Gasteiger partial charge on any atom is 0.257 e. The molecule has 4 aromatic rings.